The van der Waals surface area contributed by atoms with Crippen LogP contribution in [0.3, 0.4) is 0 Å². The zero-order valence-corrected chi connectivity index (χ0v) is 7.11. The van der Waals surface area contributed by atoms with Crippen LogP contribution in [0.1, 0.15) is 15.9 Å². The molecule has 0 aromatic carbocycles. The Morgan fingerprint density at radius 3 is 2.93 bits per heavy atom. The molecule has 70 valence electrons. The van der Waals surface area contributed by atoms with Crippen molar-refractivity contribution in [3.05, 3.63) is 54.0 Å². The Kier molecular flexibility index (Phi) is 2.10. The Balaban J connectivity index is 2.42. The highest BCUT2D eigenvalue weighted by molar-refractivity contribution is 6.08. The van der Waals surface area contributed by atoms with Crippen LogP contribution in [0.4, 0.5) is 4.39 Å². The first-order valence-corrected chi connectivity index (χ1v) is 3.95. The number of aromatic nitrogens is 1. The highest BCUT2D eigenvalue weighted by Gasteiger charge is 2.14. The summed E-state index contributed by atoms with van der Waals surface area (Å²) in [6.45, 7) is 0. The fourth-order valence-electron chi connectivity index (χ4n) is 1.11. The third-order valence-electron chi connectivity index (χ3n) is 1.80. The monoisotopic (exact) mass is 191 g/mol. The number of carbonyl (C=O) groups excluding carboxylic acids is 1. The number of hydrogen-bond acceptors (Lipinski definition) is 3. The van der Waals surface area contributed by atoms with E-state index in [1.165, 1.54) is 30.9 Å². The molecule has 2 aromatic heterocycles. The van der Waals surface area contributed by atoms with Crippen LogP contribution in [0.25, 0.3) is 0 Å². The van der Waals surface area contributed by atoms with E-state index >= 15 is 0 Å². The lowest BCUT2D eigenvalue weighted by molar-refractivity contribution is 0.103. The first-order chi connectivity index (χ1) is 6.79. The molecule has 3 nitrogen and oxygen atoms in total. The molecule has 0 radical (unpaired) electrons. The maximum atomic E-state index is 13.1. The fraction of sp³-hybridized carbons (Fsp3) is 0. The van der Waals surface area contributed by atoms with Crippen LogP contribution >= 0.6 is 0 Å². The van der Waals surface area contributed by atoms with Gasteiger partial charge in [0.05, 0.1) is 23.6 Å². The van der Waals surface area contributed by atoms with Crippen molar-refractivity contribution in [1.82, 2.24) is 4.98 Å². The number of carbonyl (C=O) groups is 1. The van der Waals surface area contributed by atoms with E-state index in [2.05, 4.69) is 4.98 Å². The second-order valence-corrected chi connectivity index (χ2v) is 2.70. The van der Waals surface area contributed by atoms with Crippen molar-refractivity contribution in [1.29, 1.82) is 0 Å². The summed E-state index contributed by atoms with van der Waals surface area (Å²) in [7, 11) is 0. The summed E-state index contributed by atoms with van der Waals surface area (Å²) in [4.78, 5) is 15.2. The first-order valence-electron chi connectivity index (χ1n) is 3.95. The fourth-order valence-corrected chi connectivity index (χ4v) is 1.11. The highest BCUT2D eigenvalue weighted by Crippen LogP contribution is 2.12. The average Bonchev–Trinajstić information content (AvgIpc) is 2.70. The molecule has 0 aliphatic heterocycles. The zero-order chi connectivity index (χ0) is 9.97. The maximum absolute atomic E-state index is 13.1. The van der Waals surface area contributed by atoms with Crippen molar-refractivity contribution < 1.29 is 13.6 Å². The molecule has 14 heavy (non-hydrogen) atoms. The molecule has 0 aliphatic rings. The first kappa shape index (κ1) is 8.62. The summed E-state index contributed by atoms with van der Waals surface area (Å²) in [6, 6.07) is 2.83. The largest absolute Gasteiger partial charge is 0.472 e. The summed E-state index contributed by atoms with van der Waals surface area (Å²) < 4.78 is 17.9. The molecule has 0 atom stereocenters. The molecule has 0 amide bonds. The third kappa shape index (κ3) is 1.42. The third-order valence-corrected chi connectivity index (χ3v) is 1.80. The van der Waals surface area contributed by atoms with Gasteiger partial charge in [-0.3, -0.25) is 9.78 Å². The Morgan fingerprint density at radius 1 is 1.43 bits per heavy atom. The van der Waals surface area contributed by atoms with Gasteiger partial charge < -0.3 is 4.42 Å². The number of furan rings is 1. The number of rotatable bonds is 2. The van der Waals surface area contributed by atoms with E-state index in [1.54, 1.807) is 0 Å². The van der Waals surface area contributed by atoms with Crippen molar-refractivity contribution >= 4 is 5.78 Å². The van der Waals surface area contributed by atoms with Gasteiger partial charge in [-0.1, -0.05) is 0 Å². The number of nitrogens with zero attached hydrogens (tertiary/aromatic N) is 1. The normalized spacial score (nSPS) is 10.1. The molecule has 0 aliphatic carbocycles. The van der Waals surface area contributed by atoms with Gasteiger partial charge in [-0.05, 0) is 12.1 Å². The number of hydrogen-bond donors (Lipinski definition) is 0. The lowest BCUT2D eigenvalue weighted by atomic mass is 10.1. The molecular weight excluding hydrogens is 185 g/mol. The van der Waals surface area contributed by atoms with Crippen molar-refractivity contribution in [2.24, 2.45) is 0 Å². The molecule has 2 heterocycles. The van der Waals surface area contributed by atoms with Crippen molar-refractivity contribution in [2.45, 2.75) is 0 Å². The van der Waals surface area contributed by atoms with Crippen LogP contribution in [0, 0.1) is 5.82 Å². The predicted octanol–water partition coefficient (Wildman–Crippen LogP) is 2.04. The van der Waals surface area contributed by atoms with Crippen molar-refractivity contribution in [3.63, 3.8) is 0 Å². The summed E-state index contributed by atoms with van der Waals surface area (Å²) in [5.41, 5.74) is 0.330. The van der Waals surface area contributed by atoms with E-state index in [1.807, 2.05) is 0 Å². The molecular formula is C10H6FNO2. The summed E-state index contributed by atoms with van der Waals surface area (Å²) >= 11 is 0. The van der Waals surface area contributed by atoms with Crippen LogP contribution in [0.2, 0.25) is 0 Å². The minimum Gasteiger partial charge on any atom is -0.472 e. The van der Waals surface area contributed by atoms with E-state index in [0.29, 0.717) is 5.56 Å². The van der Waals surface area contributed by atoms with Gasteiger partial charge in [-0.25, -0.2) is 4.39 Å². The zero-order valence-electron chi connectivity index (χ0n) is 7.11. The molecule has 0 bridgehead atoms. The van der Waals surface area contributed by atoms with E-state index in [0.717, 1.165) is 6.20 Å². The van der Waals surface area contributed by atoms with E-state index < -0.39 is 11.6 Å². The number of pyridine rings is 1. The van der Waals surface area contributed by atoms with Gasteiger partial charge in [-0.2, -0.15) is 0 Å². The van der Waals surface area contributed by atoms with Gasteiger partial charge in [0.25, 0.3) is 0 Å². The summed E-state index contributed by atoms with van der Waals surface area (Å²) in [5.74, 6) is -1.03. The van der Waals surface area contributed by atoms with Crippen LogP contribution in [0.5, 0.6) is 0 Å². The lowest BCUT2D eigenvalue weighted by Gasteiger charge is -1.97. The van der Waals surface area contributed by atoms with Crippen LogP contribution in [-0.4, -0.2) is 10.8 Å². The second-order valence-electron chi connectivity index (χ2n) is 2.70. The van der Waals surface area contributed by atoms with Crippen LogP contribution in [0.15, 0.2) is 41.5 Å². The predicted molar refractivity (Wildman–Crippen MR) is 46.3 cm³/mol. The molecule has 2 rings (SSSR count). The Hall–Kier alpha value is -1.97. The van der Waals surface area contributed by atoms with Gasteiger partial charge in [0.1, 0.15) is 6.26 Å². The van der Waals surface area contributed by atoms with Crippen LogP contribution < -0.4 is 0 Å². The molecule has 2 aromatic rings. The number of halogens is 1. The van der Waals surface area contributed by atoms with E-state index in [-0.39, 0.29) is 5.56 Å². The van der Waals surface area contributed by atoms with Gasteiger partial charge in [0, 0.05) is 6.20 Å². The minimum absolute atomic E-state index is 0.00130. The Bertz CT molecular complexity index is 451. The molecule has 0 N–H and O–H groups in total. The molecule has 0 spiro atoms. The smallest absolute Gasteiger partial charge is 0.199 e. The van der Waals surface area contributed by atoms with E-state index in [4.69, 9.17) is 4.42 Å². The minimum atomic E-state index is -0.626. The summed E-state index contributed by atoms with van der Waals surface area (Å²) in [6.07, 6.45) is 5.03. The average molecular weight is 191 g/mol. The van der Waals surface area contributed by atoms with Crippen LogP contribution in [-0.2, 0) is 0 Å². The Morgan fingerprint density at radius 2 is 2.29 bits per heavy atom. The van der Waals surface area contributed by atoms with Crippen molar-refractivity contribution in [3.8, 4) is 0 Å². The van der Waals surface area contributed by atoms with Gasteiger partial charge in [0.15, 0.2) is 11.6 Å². The highest BCUT2D eigenvalue weighted by atomic mass is 19.1. The standard InChI is InChI=1S/C10H6FNO2/c11-9-5-12-3-1-8(9)10(13)7-2-4-14-6-7/h1-6H. The second kappa shape index (κ2) is 3.41. The topological polar surface area (TPSA) is 43.1 Å². The van der Waals surface area contributed by atoms with Gasteiger partial charge >= 0.3 is 0 Å². The lowest BCUT2D eigenvalue weighted by Crippen LogP contribution is -2.02. The van der Waals surface area contributed by atoms with Gasteiger partial charge in [0.2, 0.25) is 0 Å². The molecule has 0 saturated heterocycles. The summed E-state index contributed by atoms with van der Waals surface area (Å²) in [5, 5.41) is 0. The van der Waals surface area contributed by atoms with E-state index in [9.17, 15) is 9.18 Å². The molecule has 0 fully saturated rings. The molecule has 0 saturated carbocycles. The number of ketones is 1. The SMILES string of the molecule is O=C(c1ccoc1)c1ccncc1F. The molecule has 0 unspecified atom stereocenters. The Labute approximate surface area is 79.2 Å². The maximum Gasteiger partial charge on any atom is 0.199 e. The quantitative estimate of drug-likeness (QED) is 0.682. The van der Waals surface area contributed by atoms with Crippen molar-refractivity contribution in [2.75, 3.05) is 0 Å². The molecule has 4 heteroatoms. The van der Waals surface area contributed by atoms with Gasteiger partial charge in [-0.15, -0.1) is 0 Å².